The maximum atomic E-state index is 12.0. The third-order valence-electron chi connectivity index (χ3n) is 2.27. The predicted octanol–water partition coefficient (Wildman–Crippen LogP) is -0.227. The molecular weight excluding hydrogens is 340 g/mol. The molecule has 0 atom stereocenters. The smallest absolute Gasteiger partial charge is 0.260 e. The fourth-order valence-corrected chi connectivity index (χ4v) is 3.53. The van der Waals surface area contributed by atoms with Gasteiger partial charge in [-0.1, -0.05) is 10.4 Å². The summed E-state index contributed by atoms with van der Waals surface area (Å²) in [5.41, 5.74) is 5.29. The van der Waals surface area contributed by atoms with Crippen molar-refractivity contribution in [2.24, 2.45) is 17.9 Å². The van der Waals surface area contributed by atoms with Crippen LogP contribution in [0.25, 0.3) is 0 Å². The zero-order chi connectivity index (χ0) is 14.5. The molecule has 1 heterocycles. The number of hydrogen-bond acceptors (Lipinski definition) is 6. The van der Waals surface area contributed by atoms with Crippen LogP contribution < -0.4 is 10.5 Å². The summed E-state index contributed by atoms with van der Waals surface area (Å²) in [7, 11) is -2.16. The van der Waals surface area contributed by atoms with Gasteiger partial charge in [0.2, 0.25) is 5.03 Å². The first-order chi connectivity index (χ1) is 8.88. The van der Waals surface area contributed by atoms with Gasteiger partial charge in [-0.05, 0) is 28.8 Å². The summed E-state index contributed by atoms with van der Waals surface area (Å²) in [6.45, 7) is 0.249. The molecule has 0 saturated carbocycles. The maximum Gasteiger partial charge on any atom is 0.260 e. The Morgan fingerprint density at radius 3 is 2.79 bits per heavy atom. The summed E-state index contributed by atoms with van der Waals surface area (Å²) >= 11 is 3.03. The van der Waals surface area contributed by atoms with Gasteiger partial charge in [-0.15, -0.1) is 5.10 Å². The van der Waals surface area contributed by atoms with Crippen molar-refractivity contribution in [3.05, 3.63) is 4.60 Å². The van der Waals surface area contributed by atoms with Gasteiger partial charge in [-0.3, -0.25) is 0 Å². The molecule has 0 aromatic carbocycles. The summed E-state index contributed by atoms with van der Waals surface area (Å²) in [6.07, 6.45) is 1.59. The number of nitrogens with one attached hydrogen (secondary N) is 1. The fourth-order valence-electron chi connectivity index (χ4n) is 1.36. The van der Waals surface area contributed by atoms with Gasteiger partial charge in [0.15, 0.2) is 4.60 Å². The van der Waals surface area contributed by atoms with E-state index in [1.165, 1.54) is 11.7 Å². The standard InChI is InChI=1S/C8H15BrN6O3S/c1-15-8(7(9)12-14-15)19(17,18)11-5-3-2-4-6(10)13-16/h11,16H,2-5H2,1H3,(H2,10,13). The normalized spacial score (nSPS) is 12.8. The van der Waals surface area contributed by atoms with E-state index in [9.17, 15) is 8.42 Å². The molecule has 9 nitrogen and oxygen atoms in total. The van der Waals surface area contributed by atoms with Crippen LogP contribution in [0.2, 0.25) is 0 Å². The monoisotopic (exact) mass is 354 g/mol. The van der Waals surface area contributed by atoms with E-state index < -0.39 is 10.0 Å². The first-order valence-corrected chi connectivity index (χ1v) is 7.67. The van der Waals surface area contributed by atoms with E-state index in [1.807, 2.05) is 0 Å². The Morgan fingerprint density at radius 2 is 2.26 bits per heavy atom. The number of aromatic nitrogens is 3. The van der Waals surface area contributed by atoms with E-state index in [4.69, 9.17) is 10.9 Å². The average Bonchev–Trinajstić information content (AvgIpc) is 2.68. The van der Waals surface area contributed by atoms with Crippen LogP contribution in [0.3, 0.4) is 0 Å². The zero-order valence-corrected chi connectivity index (χ0v) is 12.6. The molecule has 0 bridgehead atoms. The minimum Gasteiger partial charge on any atom is -0.409 e. The molecule has 0 spiro atoms. The summed E-state index contributed by atoms with van der Waals surface area (Å²) in [5.74, 6) is 0.126. The van der Waals surface area contributed by atoms with Crippen molar-refractivity contribution in [1.82, 2.24) is 19.7 Å². The van der Waals surface area contributed by atoms with Crippen LogP contribution in [0.1, 0.15) is 19.3 Å². The van der Waals surface area contributed by atoms with E-state index in [2.05, 4.69) is 36.1 Å². The highest BCUT2D eigenvalue weighted by Crippen LogP contribution is 2.17. The highest BCUT2D eigenvalue weighted by atomic mass is 79.9. The molecule has 0 aliphatic rings. The molecule has 0 fully saturated rings. The molecule has 0 aliphatic heterocycles. The second-order valence-electron chi connectivity index (χ2n) is 3.76. The van der Waals surface area contributed by atoms with Gasteiger partial charge >= 0.3 is 0 Å². The van der Waals surface area contributed by atoms with Gasteiger partial charge in [0.05, 0.1) is 0 Å². The van der Waals surface area contributed by atoms with Gasteiger partial charge in [0.25, 0.3) is 10.0 Å². The predicted molar refractivity (Wildman–Crippen MR) is 71.2 cm³/mol. The van der Waals surface area contributed by atoms with E-state index >= 15 is 0 Å². The zero-order valence-electron chi connectivity index (χ0n) is 10.2. The molecule has 0 saturated heterocycles. The maximum absolute atomic E-state index is 12.0. The molecule has 0 unspecified atom stereocenters. The first kappa shape index (κ1) is 15.9. The number of sulfonamides is 1. The molecule has 1 rings (SSSR count). The number of nitrogens with zero attached hydrogens (tertiary/aromatic N) is 4. The Labute approximate surface area is 119 Å². The topological polar surface area (TPSA) is 135 Å². The minimum absolute atomic E-state index is 0.0241. The van der Waals surface area contributed by atoms with Crippen LogP contribution in [-0.4, -0.2) is 41.0 Å². The highest BCUT2D eigenvalue weighted by molar-refractivity contribution is 9.10. The highest BCUT2D eigenvalue weighted by Gasteiger charge is 2.23. The molecule has 19 heavy (non-hydrogen) atoms. The van der Waals surface area contributed by atoms with Crippen molar-refractivity contribution in [3.8, 4) is 0 Å². The quantitative estimate of drug-likeness (QED) is 0.203. The van der Waals surface area contributed by atoms with E-state index in [-0.39, 0.29) is 22.0 Å². The number of hydrogen-bond donors (Lipinski definition) is 3. The van der Waals surface area contributed by atoms with Crippen LogP contribution in [0.4, 0.5) is 0 Å². The lowest BCUT2D eigenvalue weighted by Crippen LogP contribution is -2.27. The van der Waals surface area contributed by atoms with Crippen molar-refractivity contribution < 1.29 is 13.6 Å². The van der Waals surface area contributed by atoms with Gasteiger partial charge < -0.3 is 10.9 Å². The third-order valence-corrected chi connectivity index (χ3v) is 4.62. The van der Waals surface area contributed by atoms with Crippen LogP contribution >= 0.6 is 15.9 Å². The fraction of sp³-hybridized carbons (Fsp3) is 0.625. The number of unbranched alkanes of at least 4 members (excludes halogenated alkanes) is 1. The lowest BCUT2D eigenvalue weighted by Gasteiger charge is -2.06. The average molecular weight is 355 g/mol. The number of aryl methyl sites for hydroxylation is 1. The Hall–Kier alpha value is -1.20. The second kappa shape index (κ2) is 6.82. The molecule has 0 aliphatic carbocycles. The summed E-state index contributed by atoms with van der Waals surface area (Å²) in [6, 6.07) is 0. The molecule has 0 radical (unpaired) electrons. The van der Waals surface area contributed by atoms with Crippen molar-refractivity contribution in [2.45, 2.75) is 24.3 Å². The summed E-state index contributed by atoms with van der Waals surface area (Å²) in [4.78, 5) is 0. The third kappa shape index (κ3) is 4.44. The Bertz CT molecular complexity index is 535. The lowest BCUT2D eigenvalue weighted by molar-refractivity contribution is 0.316. The van der Waals surface area contributed by atoms with E-state index in [0.717, 1.165) is 0 Å². The number of amidine groups is 1. The van der Waals surface area contributed by atoms with Gasteiger partial charge in [-0.2, -0.15) is 0 Å². The number of oxime groups is 1. The van der Waals surface area contributed by atoms with Crippen molar-refractivity contribution >= 4 is 31.8 Å². The minimum atomic E-state index is -3.65. The Morgan fingerprint density at radius 1 is 1.58 bits per heavy atom. The van der Waals surface area contributed by atoms with Crippen LogP contribution in [0, 0.1) is 0 Å². The van der Waals surface area contributed by atoms with E-state index in [0.29, 0.717) is 19.3 Å². The van der Waals surface area contributed by atoms with Crippen LogP contribution in [0.15, 0.2) is 14.8 Å². The van der Waals surface area contributed by atoms with E-state index in [1.54, 1.807) is 0 Å². The van der Waals surface area contributed by atoms with Crippen molar-refractivity contribution in [3.63, 3.8) is 0 Å². The molecular formula is C8H15BrN6O3S. The first-order valence-electron chi connectivity index (χ1n) is 5.39. The van der Waals surface area contributed by atoms with Gasteiger partial charge in [0.1, 0.15) is 5.84 Å². The summed E-state index contributed by atoms with van der Waals surface area (Å²) in [5, 5.41) is 18.4. The van der Waals surface area contributed by atoms with Gasteiger partial charge in [0, 0.05) is 20.0 Å². The van der Waals surface area contributed by atoms with Crippen molar-refractivity contribution in [1.29, 1.82) is 0 Å². The number of halogens is 1. The largest absolute Gasteiger partial charge is 0.409 e. The molecule has 1 aromatic heterocycles. The number of rotatable bonds is 7. The molecule has 0 amide bonds. The second-order valence-corrected chi connectivity index (χ2v) is 6.19. The molecule has 1 aromatic rings. The van der Waals surface area contributed by atoms with Gasteiger partial charge in [-0.25, -0.2) is 17.8 Å². The Balaban J connectivity index is 2.49. The molecule has 11 heteroatoms. The van der Waals surface area contributed by atoms with Crippen molar-refractivity contribution in [2.75, 3.05) is 6.54 Å². The van der Waals surface area contributed by atoms with Crippen LogP contribution in [0.5, 0.6) is 0 Å². The molecule has 108 valence electrons. The number of nitrogens with two attached hydrogens (primary N) is 1. The lowest BCUT2D eigenvalue weighted by atomic mass is 10.2. The van der Waals surface area contributed by atoms with Crippen LogP contribution in [-0.2, 0) is 17.1 Å². The Kier molecular flexibility index (Phi) is 5.69. The molecule has 4 N–H and O–H groups in total. The summed E-state index contributed by atoms with van der Waals surface area (Å²) < 4.78 is 27.7. The SMILES string of the molecule is Cn1nnc(Br)c1S(=O)(=O)NCCCCC(N)=NO.